The van der Waals surface area contributed by atoms with E-state index >= 15 is 0 Å². The Bertz CT molecular complexity index is 1190. The van der Waals surface area contributed by atoms with Gasteiger partial charge in [0.05, 0.1) is 10.5 Å². The first kappa shape index (κ1) is 24.9. The van der Waals surface area contributed by atoms with Gasteiger partial charge in [0.15, 0.2) is 0 Å². The van der Waals surface area contributed by atoms with Crippen LogP contribution in [0.2, 0.25) is 0 Å². The molecule has 8 nitrogen and oxygen atoms in total. The van der Waals surface area contributed by atoms with E-state index < -0.39 is 10.0 Å². The Labute approximate surface area is 201 Å². The molecule has 0 saturated carbocycles. The summed E-state index contributed by atoms with van der Waals surface area (Å²) < 4.78 is 28.0. The Morgan fingerprint density at radius 1 is 1.12 bits per heavy atom. The Morgan fingerprint density at radius 3 is 2.71 bits per heavy atom. The third-order valence-corrected chi connectivity index (χ3v) is 9.03. The van der Waals surface area contributed by atoms with Crippen LogP contribution in [0.15, 0.2) is 34.0 Å². The number of piperidine rings is 2. The van der Waals surface area contributed by atoms with E-state index in [1.54, 1.807) is 6.07 Å². The van der Waals surface area contributed by atoms with Crippen LogP contribution in [0, 0.1) is 5.92 Å². The molecule has 2 unspecified atom stereocenters. The SMILES string of the molecule is CC1CCCN(S(=O)(=O)c2ccc3[nH]c(=O)cc(C(=O)NCCCN4CCCCC4C)c3c2)C1. The number of amides is 1. The molecule has 2 fully saturated rings. The van der Waals surface area contributed by atoms with E-state index in [1.807, 2.05) is 0 Å². The normalized spacial score (nSPS) is 22.6. The summed E-state index contributed by atoms with van der Waals surface area (Å²) in [5.41, 5.74) is 0.264. The molecule has 0 radical (unpaired) electrons. The molecular formula is C25H36N4O4S. The van der Waals surface area contributed by atoms with E-state index in [4.69, 9.17) is 0 Å². The molecule has 34 heavy (non-hydrogen) atoms. The zero-order valence-corrected chi connectivity index (χ0v) is 21.0. The van der Waals surface area contributed by atoms with Gasteiger partial charge in [-0.3, -0.25) is 9.59 Å². The molecule has 1 amide bonds. The van der Waals surface area contributed by atoms with Gasteiger partial charge in [-0.1, -0.05) is 13.3 Å². The van der Waals surface area contributed by atoms with Crippen molar-refractivity contribution in [2.45, 2.75) is 63.3 Å². The average molecular weight is 489 g/mol. The van der Waals surface area contributed by atoms with Crippen molar-refractivity contribution >= 4 is 26.8 Å². The molecule has 186 valence electrons. The second-order valence-electron chi connectivity index (χ2n) is 9.86. The number of sulfonamides is 1. The van der Waals surface area contributed by atoms with Gasteiger partial charge in [0, 0.05) is 49.2 Å². The third kappa shape index (κ3) is 5.53. The molecule has 2 N–H and O–H groups in total. The minimum absolute atomic E-state index is 0.147. The van der Waals surface area contributed by atoms with Crippen LogP contribution in [-0.2, 0) is 10.0 Å². The lowest BCUT2D eigenvalue weighted by Crippen LogP contribution is -2.39. The number of aromatic nitrogens is 1. The zero-order valence-electron chi connectivity index (χ0n) is 20.2. The number of rotatable bonds is 7. The Kier molecular flexibility index (Phi) is 7.74. The van der Waals surface area contributed by atoms with Crippen LogP contribution >= 0.6 is 0 Å². The highest BCUT2D eigenvalue weighted by molar-refractivity contribution is 7.89. The lowest BCUT2D eigenvalue weighted by atomic mass is 10.0. The molecular weight excluding hydrogens is 452 g/mol. The van der Waals surface area contributed by atoms with E-state index in [0.717, 1.165) is 32.4 Å². The van der Waals surface area contributed by atoms with Gasteiger partial charge < -0.3 is 15.2 Å². The number of H-pyrrole nitrogens is 1. The van der Waals surface area contributed by atoms with Crippen molar-refractivity contribution in [3.05, 3.63) is 40.2 Å². The summed E-state index contributed by atoms with van der Waals surface area (Å²) in [6.07, 6.45) is 6.39. The molecule has 2 aliphatic rings. The number of pyridine rings is 1. The van der Waals surface area contributed by atoms with Crippen molar-refractivity contribution in [1.29, 1.82) is 0 Å². The second-order valence-corrected chi connectivity index (χ2v) is 11.8. The summed E-state index contributed by atoms with van der Waals surface area (Å²) in [5, 5.41) is 3.36. The fraction of sp³-hybridized carbons (Fsp3) is 0.600. The molecule has 0 bridgehead atoms. The number of carbonyl (C=O) groups excluding carboxylic acids is 1. The summed E-state index contributed by atoms with van der Waals surface area (Å²) in [5.74, 6) is -0.0430. The lowest BCUT2D eigenvalue weighted by molar-refractivity contribution is 0.0950. The third-order valence-electron chi connectivity index (χ3n) is 7.16. The highest BCUT2D eigenvalue weighted by Gasteiger charge is 2.29. The largest absolute Gasteiger partial charge is 0.352 e. The predicted octanol–water partition coefficient (Wildman–Crippen LogP) is 2.94. The molecule has 2 aromatic rings. The van der Waals surface area contributed by atoms with E-state index in [-0.39, 0.29) is 21.9 Å². The van der Waals surface area contributed by atoms with Gasteiger partial charge in [0.25, 0.3) is 5.91 Å². The van der Waals surface area contributed by atoms with Crippen LogP contribution in [0.1, 0.15) is 62.7 Å². The van der Waals surface area contributed by atoms with E-state index in [1.165, 1.54) is 41.8 Å². The van der Waals surface area contributed by atoms with Gasteiger partial charge in [-0.2, -0.15) is 4.31 Å². The standard InChI is InChI=1S/C25H36N4O4S/c1-18-7-5-14-29(17-18)34(32,33)20-9-10-23-21(15-20)22(16-24(30)27-23)25(31)26-11-6-13-28-12-4-3-8-19(28)2/h9-10,15-16,18-19H,3-8,11-14,17H2,1-2H3,(H,26,31)(H,27,30). The number of likely N-dealkylation sites (tertiary alicyclic amines) is 1. The van der Waals surface area contributed by atoms with Crippen molar-refractivity contribution in [2.75, 3.05) is 32.7 Å². The number of hydrogen-bond acceptors (Lipinski definition) is 5. The topological polar surface area (TPSA) is 103 Å². The van der Waals surface area contributed by atoms with Gasteiger partial charge in [0.1, 0.15) is 0 Å². The quantitative estimate of drug-likeness (QED) is 0.584. The summed E-state index contributed by atoms with van der Waals surface area (Å²) in [6, 6.07) is 6.43. The number of nitrogens with zero attached hydrogens (tertiary/aromatic N) is 2. The molecule has 1 aromatic heterocycles. The molecule has 4 rings (SSSR count). The van der Waals surface area contributed by atoms with Gasteiger partial charge in [-0.25, -0.2) is 8.42 Å². The highest BCUT2D eigenvalue weighted by atomic mass is 32.2. The predicted molar refractivity (Wildman–Crippen MR) is 134 cm³/mol. The lowest BCUT2D eigenvalue weighted by Gasteiger charge is -2.33. The smallest absolute Gasteiger partial charge is 0.252 e. The molecule has 2 saturated heterocycles. The van der Waals surface area contributed by atoms with Crippen LogP contribution in [0.3, 0.4) is 0 Å². The number of carbonyl (C=O) groups is 1. The number of fused-ring (bicyclic) bond motifs is 1. The number of aromatic amines is 1. The van der Waals surface area contributed by atoms with Crippen LogP contribution < -0.4 is 10.9 Å². The fourth-order valence-electron chi connectivity index (χ4n) is 5.16. The Balaban J connectivity index is 1.51. The highest BCUT2D eigenvalue weighted by Crippen LogP contribution is 2.26. The van der Waals surface area contributed by atoms with Gasteiger partial charge >= 0.3 is 0 Å². The summed E-state index contributed by atoms with van der Waals surface area (Å²) in [6.45, 7) is 7.82. The number of benzene rings is 1. The first-order valence-electron chi connectivity index (χ1n) is 12.4. The molecule has 9 heteroatoms. The van der Waals surface area contributed by atoms with E-state index in [9.17, 15) is 18.0 Å². The van der Waals surface area contributed by atoms with Crippen LogP contribution in [0.25, 0.3) is 10.9 Å². The van der Waals surface area contributed by atoms with Crippen LogP contribution in [0.4, 0.5) is 0 Å². The summed E-state index contributed by atoms with van der Waals surface area (Å²) in [4.78, 5) is 30.5. The minimum Gasteiger partial charge on any atom is -0.352 e. The molecule has 2 aliphatic heterocycles. The number of hydrogen-bond donors (Lipinski definition) is 2. The maximum absolute atomic E-state index is 13.3. The van der Waals surface area contributed by atoms with E-state index in [0.29, 0.717) is 42.5 Å². The zero-order chi connectivity index (χ0) is 24.3. The molecule has 3 heterocycles. The van der Waals surface area contributed by atoms with Gasteiger partial charge in [-0.15, -0.1) is 0 Å². The van der Waals surface area contributed by atoms with Crippen molar-refractivity contribution in [3.8, 4) is 0 Å². The Morgan fingerprint density at radius 2 is 1.94 bits per heavy atom. The van der Waals surface area contributed by atoms with Gasteiger partial charge in [0.2, 0.25) is 15.6 Å². The maximum atomic E-state index is 13.3. The van der Waals surface area contributed by atoms with Gasteiger partial charge in [-0.05, 0) is 69.7 Å². The van der Waals surface area contributed by atoms with Crippen molar-refractivity contribution in [1.82, 2.24) is 19.5 Å². The molecule has 2 atom stereocenters. The average Bonchev–Trinajstić information content (AvgIpc) is 2.82. The minimum atomic E-state index is -3.67. The maximum Gasteiger partial charge on any atom is 0.252 e. The number of nitrogens with one attached hydrogen (secondary N) is 2. The van der Waals surface area contributed by atoms with Crippen molar-refractivity contribution in [2.24, 2.45) is 5.92 Å². The summed E-state index contributed by atoms with van der Waals surface area (Å²) in [7, 11) is -3.67. The monoisotopic (exact) mass is 488 g/mol. The second kappa shape index (κ2) is 10.6. The van der Waals surface area contributed by atoms with Crippen LogP contribution in [-0.4, -0.2) is 67.3 Å². The summed E-state index contributed by atoms with van der Waals surface area (Å²) >= 11 is 0. The van der Waals surface area contributed by atoms with Crippen molar-refractivity contribution in [3.63, 3.8) is 0 Å². The first-order valence-corrected chi connectivity index (χ1v) is 13.9. The molecule has 0 spiro atoms. The fourth-order valence-corrected chi connectivity index (χ4v) is 6.79. The van der Waals surface area contributed by atoms with E-state index in [2.05, 4.69) is 29.0 Å². The first-order chi connectivity index (χ1) is 16.3. The van der Waals surface area contributed by atoms with Crippen molar-refractivity contribution < 1.29 is 13.2 Å². The Hall–Kier alpha value is -2.23. The van der Waals surface area contributed by atoms with Crippen LogP contribution in [0.5, 0.6) is 0 Å². The molecule has 1 aromatic carbocycles. The molecule has 0 aliphatic carbocycles.